The van der Waals surface area contributed by atoms with Crippen LogP contribution in [0.1, 0.15) is 16.8 Å². The van der Waals surface area contributed by atoms with Crippen LogP contribution in [0.4, 0.5) is 29.1 Å². The summed E-state index contributed by atoms with van der Waals surface area (Å²) in [5.41, 5.74) is 1.87. The second kappa shape index (κ2) is 7.15. The van der Waals surface area contributed by atoms with Crippen molar-refractivity contribution in [1.29, 1.82) is 5.26 Å². The van der Waals surface area contributed by atoms with Gasteiger partial charge in [-0.3, -0.25) is 4.40 Å². The summed E-state index contributed by atoms with van der Waals surface area (Å²) in [6.07, 6.45) is -3.16. The number of anilines is 2. The van der Waals surface area contributed by atoms with Crippen molar-refractivity contribution in [3.05, 3.63) is 77.4 Å². The Morgan fingerprint density at radius 2 is 1.77 bits per heavy atom. The maximum absolute atomic E-state index is 13.8. The van der Waals surface area contributed by atoms with Crippen LogP contribution in [-0.4, -0.2) is 14.4 Å². The lowest BCUT2D eigenvalue weighted by Crippen LogP contribution is -2.04. The number of alkyl halides is 3. The molecule has 0 atom stereocenters. The first-order valence-electron chi connectivity index (χ1n) is 8.75. The van der Waals surface area contributed by atoms with E-state index >= 15 is 0 Å². The molecule has 0 aliphatic heterocycles. The van der Waals surface area contributed by atoms with Gasteiger partial charge in [-0.15, -0.1) is 0 Å². The highest BCUT2D eigenvalue weighted by Crippen LogP contribution is 2.31. The van der Waals surface area contributed by atoms with Crippen LogP contribution >= 0.6 is 0 Å². The molecule has 0 spiro atoms. The second-order valence-corrected chi connectivity index (χ2v) is 6.56. The summed E-state index contributed by atoms with van der Waals surface area (Å²) in [5, 5.41) is 12.3. The fourth-order valence-electron chi connectivity index (χ4n) is 3.12. The molecular formula is C21H13F4N5. The molecular weight excluding hydrogens is 398 g/mol. The zero-order chi connectivity index (χ0) is 21.5. The van der Waals surface area contributed by atoms with Crippen molar-refractivity contribution in [3.8, 4) is 17.5 Å². The normalized spacial score (nSPS) is 11.5. The average molecular weight is 411 g/mol. The summed E-state index contributed by atoms with van der Waals surface area (Å²) < 4.78 is 53.5. The molecule has 0 aliphatic carbocycles. The summed E-state index contributed by atoms with van der Waals surface area (Å²) in [6.45, 7) is 1.74. The van der Waals surface area contributed by atoms with E-state index in [1.807, 2.05) is 6.07 Å². The fourth-order valence-corrected chi connectivity index (χ4v) is 3.12. The van der Waals surface area contributed by atoms with Gasteiger partial charge in [0.15, 0.2) is 0 Å². The van der Waals surface area contributed by atoms with Crippen molar-refractivity contribution >= 4 is 17.2 Å². The Balaban J connectivity index is 1.76. The van der Waals surface area contributed by atoms with E-state index in [0.29, 0.717) is 28.4 Å². The van der Waals surface area contributed by atoms with Crippen molar-refractivity contribution in [3.63, 3.8) is 0 Å². The van der Waals surface area contributed by atoms with Crippen LogP contribution < -0.4 is 5.32 Å². The number of aromatic nitrogens is 3. The second-order valence-electron chi connectivity index (χ2n) is 6.56. The van der Waals surface area contributed by atoms with Gasteiger partial charge in [-0.1, -0.05) is 0 Å². The number of hydrogen-bond acceptors (Lipinski definition) is 4. The number of fused-ring (bicyclic) bond motifs is 1. The molecule has 150 valence electrons. The Bertz CT molecular complexity index is 1280. The van der Waals surface area contributed by atoms with Gasteiger partial charge < -0.3 is 5.32 Å². The van der Waals surface area contributed by atoms with Gasteiger partial charge in [0.2, 0.25) is 0 Å². The van der Waals surface area contributed by atoms with Crippen LogP contribution in [0.2, 0.25) is 0 Å². The van der Waals surface area contributed by atoms with Crippen molar-refractivity contribution in [2.45, 2.75) is 13.1 Å². The van der Waals surface area contributed by atoms with Crippen LogP contribution in [-0.2, 0) is 6.18 Å². The van der Waals surface area contributed by atoms with Gasteiger partial charge in [-0.25, -0.2) is 14.4 Å². The number of rotatable bonds is 3. The molecule has 1 N–H and O–H groups in total. The summed E-state index contributed by atoms with van der Waals surface area (Å²) in [6, 6.07) is 12.3. The number of benzene rings is 1. The quantitative estimate of drug-likeness (QED) is 0.454. The van der Waals surface area contributed by atoms with E-state index in [1.54, 1.807) is 13.0 Å². The zero-order valence-electron chi connectivity index (χ0n) is 15.5. The summed E-state index contributed by atoms with van der Waals surface area (Å²) >= 11 is 0. The van der Waals surface area contributed by atoms with Crippen LogP contribution in [0.3, 0.4) is 0 Å². The van der Waals surface area contributed by atoms with E-state index in [9.17, 15) is 22.8 Å². The third-order valence-electron chi connectivity index (χ3n) is 4.44. The molecule has 9 heteroatoms. The van der Waals surface area contributed by atoms with Gasteiger partial charge in [0.25, 0.3) is 0 Å². The van der Waals surface area contributed by atoms with Crippen LogP contribution in [0.15, 0.2) is 54.7 Å². The predicted octanol–water partition coefficient (Wildman–Crippen LogP) is 5.48. The standard InChI is InChI=1S/C21H13F4N5/c1-12-20(30-11-15(22)4-7-19(30)27-12)17-8-13(10-26)9-18(29-17)28-16-5-2-14(3-6-16)21(23,24)25/h2-9,11H,1H3,(H,28,29). The molecule has 0 fully saturated rings. The number of nitrogens with one attached hydrogen (secondary N) is 1. The molecule has 5 nitrogen and oxygen atoms in total. The first-order valence-corrected chi connectivity index (χ1v) is 8.75. The minimum absolute atomic E-state index is 0.259. The molecule has 0 bridgehead atoms. The Labute approximate surface area is 168 Å². The Kier molecular flexibility index (Phi) is 4.62. The van der Waals surface area contributed by atoms with Gasteiger partial charge in [0.05, 0.1) is 34.3 Å². The van der Waals surface area contributed by atoms with Crippen molar-refractivity contribution in [2.24, 2.45) is 0 Å². The third-order valence-corrected chi connectivity index (χ3v) is 4.44. The lowest BCUT2D eigenvalue weighted by molar-refractivity contribution is -0.137. The highest BCUT2D eigenvalue weighted by atomic mass is 19.4. The predicted molar refractivity (Wildman–Crippen MR) is 103 cm³/mol. The molecule has 0 saturated heterocycles. The molecule has 1 aromatic carbocycles. The topological polar surface area (TPSA) is 66.0 Å². The van der Waals surface area contributed by atoms with Gasteiger partial charge in [-0.05, 0) is 55.5 Å². The smallest absolute Gasteiger partial charge is 0.340 e. The van der Waals surface area contributed by atoms with E-state index in [4.69, 9.17) is 0 Å². The lowest BCUT2D eigenvalue weighted by atomic mass is 10.1. The summed E-state index contributed by atoms with van der Waals surface area (Å²) in [4.78, 5) is 8.84. The molecule has 3 heterocycles. The van der Waals surface area contributed by atoms with Crippen LogP contribution in [0, 0.1) is 24.1 Å². The number of nitrogens with zero attached hydrogens (tertiary/aromatic N) is 4. The highest BCUT2D eigenvalue weighted by molar-refractivity contribution is 5.69. The fraction of sp³-hybridized carbons (Fsp3) is 0.0952. The van der Waals surface area contributed by atoms with Gasteiger partial charge >= 0.3 is 6.18 Å². The largest absolute Gasteiger partial charge is 0.416 e. The maximum atomic E-state index is 13.8. The molecule has 30 heavy (non-hydrogen) atoms. The molecule has 0 radical (unpaired) electrons. The van der Waals surface area contributed by atoms with Gasteiger partial charge in [-0.2, -0.15) is 18.4 Å². The molecule has 4 rings (SSSR count). The maximum Gasteiger partial charge on any atom is 0.416 e. The zero-order valence-corrected chi connectivity index (χ0v) is 15.5. The number of imidazole rings is 1. The monoisotopic (exact) mass is 411 g/mol. The number of halogens is 4. The van der Waals surface area contributed by atoms with E-state index in [1.165, 1.54) is 40.9 Å². The third kappa shape index (κ3) is 3.67. The molecule has 0 aliphatic rings. The van der Waals surface area contributed by atoms with Gasteiger partial charge in [0, 0.05) is 11.9 Å². The van der Waals surface area contributed by atoms with E-state index in [-0.39, 0.29) is 11.4 Å². The van der Waals surface area contributed by atoms with Gasteiger partial charge in [0.1, 0.15) is 17.3 Å². The van der Waals surface area contributed by atoms with Crippen molar-refractivity contribution in [2.75, 3.05) is 5.32 Å². The van der Waals surface area contributed by atoms with Crippen LogP contribution in [0.25, 0.3) is 17.0 Å². The molecule has 3 aromatic heterocycles. The van der Waals surface area contributed by atoms with Crippen molar-refractivity contribution in [1.82, 2.24) is 14.4 Å². The van der Waals surface area contributed by atoms with E-state index < -0.39 is 17.6 Å². The number of nitriles is 1. The number of aryl methyl sites for hydroxylation is 1. The molecule has 4 aromatic rings. The Morgan fingerprint density at radius 3 is 2.43 bits per heavy atom. The first kappa shape index (κ1) is 19.4. The van der Waals surface area contributed by atoms with E-state index in [2.05, 4.69) is 15.3 Å². The minimum Gasteiger partial charge on any atom is -0.340 e. The SMILES string of the molecule is Cc1nc2ccc(F)cn2c1-c1cc(C#N)cc(Nc2ccc(C(F)(F)F)cc2)n1. The van der Waals surface area contributed by atoms with Crippen LogP contribution in [0.5, 0.6) is 0 Å². The van der Waals surface area contributed by atoms with Crippen molar-refractivity contribution < 1.29 is 17.6 Å². The number of pyridine rings is 2. The van der Waals surface area contributed by atoms with E-state index in [0.717, 1.165) is 12.1 Å². The molecule has 0 amide bonds. The lowest BCUT2D eigenvalue weighted by Gasteiger charge is -2.11. The highest BCUT2D eigenvalue weighted by Gasteiger charge is 2.30. The minimum atomic E-state index is -4.43. The molecule has 0 unspecified atom stereocenters. The number of hydrogen-bond donors (Lipinski definition) is 1. The summed E-state index contributed by atoms with van der Waals surface area (Å²) in [7, 11) is 0. The average Bonchev–Trinajstić information content (AvgIpc) is 3.02. The first-order chi connectivity index (χ1) is 14.2. The summed E-state index contributed by atoms with van der Waals surface area (Å²) in [5.74, 6) is -0.199. The Hall–Kier alpha value is -3.93. The molecule has 0 saturated carbocycles. The Morgan fingerprint density at radius 1 is 1.03 bits per heavy atom.